The van der Waals surface area contributed by atoms with E-state index < -0.39 is 23.2 Å². The highest BCUT2D eigenvalue weighted by Gasteiger charge is 2.42. The van der Waals surface area contributed by atoms with Gasteiger partial charge in [-0.1, -0.05) is 0 Å². The molecular weight excluding hydrogens is 381 g/mol. The van der Waals surface area contributed by atoms with Crippen LogP contribution in [0.4, 0.5) is 18.9 Å². The van der Waals surface area contributed by atoms with Crippen LogP contribution in [-0.2, 0) is 11.0 Å². The van der Waals surface area contributed by atoms with Gasteiger partial charge >= 0.3 is 6.18 Å². The number of nitrogens with two attached hydrogens (primary N) is 1. The number of anilines is 1. The number of halogens is 3. The molecule has 2 N–H and O–H groups in total. The zero-order valence-corrected chi connectivity index (χ0v) is 16.7. The number of carbonyl (C=O) groups excluding carboxylic acids is 1. The number of alkyl halides is 3. The van der Waals surface area contributed by atoms with E-state index >= 15 is 0 Å². The minimum absolute atomic E-state index is 0.0341. The Bertz CT molecular complexity index is 794. The summed E-state index contributed by atoms with van der Waals surface area (Å²) in [7, 11) is 0. The van der Waals surface area contributed by atoms with Crippen molar-refractivity contribution in [3.05, 3.63) is 29.3 Å². The summed E-state index contributed by atoms with van der Waals surface area (Å²) in [4.78, 5) is 16.3. The Morgan fingerprint density at radius 3 is 2.41 bits per heavy atom. The number of piperidine rings is 1. The highest BCUT2D eigenvalue weighted by atomic mass is 19.4. The molecule has 0 aliphatic carbocycles. The fraction of sp³-hybridized carbons (Fsp3) is 0.619. The van der Waals surface area contributed by atoms with Gasteiger partial charge in [-0.25, -0.2) is 0 Å². The van der Waals surface area contributed by atoms with Gasteiger partial charge in [-0.2, -0.15) is 18.4 Å². The summed E-state index contributed by atoms with van der Waals surface area (Å²) in [5.74, 6) is -0.413. The number of carbonyl (C=O) groups is 1. The molecule has 1 aromatic carbocycles. The predicted molar refractivity (Wildman–Crippen MR) is 104 cm³/mol. The van der Waals surface area contributed by atoms with E-state index in [9.17, 15) is 18.0 Å². The first-order chi connectivity index (χ1) is 13.6. The van der Waals surface area contributed by atoms with E-state index in [0.29, 0.717) is 30.7 Å². The maximum Gasteiger partial charge on any atom is 0.417 e. The second-order valence-corrected chi connectivity index (χ2v) is 8.38. The van der Waals surface area contributed by atoms with Crippen molar-refractivity contribution in [1.29, 1.82) is 5.26 Å². The molecule has 2 fully saturated rings. The lowest BCUT2D eigenvalue weighted by Crippen LogP contribution is -2.42. The molecule has 0 spiro atoms. The number of hydrogen-bond acceptors (Lipinski definition) is 4. The molecule has 0 saturated carbocycles. The van der Waals surface area contributed by atoms with Gasteiger partial charge in [0.2, 0.25) is 5.91 Å². The van der Waals surface area contributed by atoms with E-state index in [-0.39, 0.29) is 11.8 Å². The van der Waals surface area contributed by atoms with E-state index in [0.717, 1.165) is 32.0 Å². The molecule has 1 amide bonds. The predicted octanol–water partition coefficient (Wildman–Crippen LogP) is 3.24. The highest BCUT2D eigenvalue weighted by molar-refractivity contribution is 5.79. The summed E-state index contributed by atoms with van der Waals surface area (Å²) >= 11 is 0. The summed E-state index contributed by atoms with van der Waals surface area (Å²) in [6, 6.07) is 5.82. The molecule has 1 aromatic rings. The average Bonchev–Trinajstić information content (AvgIpc) is 3.12. The number of nitriles is 1. The van der Waals surface area contributed by atoms with Gasteiger partial charge in [0.15, 0.2) is 0 Å². The maximum atomic E-state index is 13.3. The van der Waals surface area contributed by atoms with Crippen LogP contribution in [0.15, 0.2) is 18.2 Å². The Labute approximate surface area is 169 Å². The lowest BCUT2D eigenvalue weighted by Gasteiger charge is -2.38. The third-order valence-corrected chi connectivity index (χ3v) is 6.43. The Morgan fingerprint density at radius 2 is 1.90 bits per heavy atom. The van der Waals surface area contributed by atoms with Crippen LogP contribution in [0, 0.1) is 29.1 Å². The fourth-order valence-corrected chi connectivity index (χ4v) is 4.74. The number of hydrogen-bond donors (Lipinski definition) is 1. The van der Waals surface area contributed by atoms with Crippen LogP contribution >= 0.6 is 0 Å². The van der Waals surface area contributed by atoms with Gasteiger partial charge in [0.05, 0.1) is 23.1 Å². The number of likely N-dealkylation sites (tertiary alicyclic amines) is 1. The van der Waals surface area contributed by atoms with Gasteiger partial charge < -0.3 is 15.5 Å². The number of primary amides is 1. The van der Waals surface area contributed by atoms with Crippen molar-refractivity contribution in [3.8, 4) is 6.07 Å². The Kier molecular flexibility index (Phi) is 6.08. The lowest BCUT2D eigenvalue weighted by molar-refractivity contribution is -0.137. The molecule has 5 nitrogen and oxygen atoms in total. The maximum absolute atomic E-state index is 13.3. The number of nitrogens with zero attached hydrogens (tertiary/aromatic N) is 3. The van der Waals surface area contributed by atoms with Crippen molar-refractivity contribution >= 4 is 11.6 Å². The smallest absolute Gasteiger partial charge is 0.370 e. The van der Waals surface area contributed by atoms with Crippen molar-refractivity contribution in [3.63, 3.8) is 0 Å². The normalized spacial score (nSPS) is 24.1. The molecule has 2 aliphatic rings. The van der Waals surface area contributed by atoms with Crippen LogP contribution in [0.3, 0.4) is 0 Å². The minimum Gasteiger partial charge on any atom is -0.370 e. The highest BCUT2D eigenvalue weighted by Crippen LogP contribution is 2.40. The molecular formula is C21H27F3N4O. The summed E-state index contributed by atoms with van der Waals surface area (Å²) in [5.41, 5.74) is 4.69. The van der Waals surface area contributed by atoms with Crippen LogP contribution in [0.1, 0.15) is 37.8 Å². The minimum atomic E-state index is -4.60. The quantitative estimate of drug-likeness (QED) is 0.830. The topological polar surface area (TPSA) is 73.4 Å². The first kappa shape index (κ1) is 21.4. The monoisotopic (exact) mass is 408 g/mol. The molecule has 0 bridgehead atoms. The van der Waals surface area contributed by atoms with Crippen molar-refractivity contribution in [2.45, 2.75) is 38.9 Å². The van der Waals surface area contributed by atoms with Crippen molar-refractivity contribution in [1.82, 2.24) is 4.90 Å². The van der Waals surface area contributed by atoms with Gasteiger partial charge in [0.25, 0.3) is 0 Å². The summed E-state index contributed by atoms with van der Waals surface area (Å²) in [5, 5.41) is 9.00. The Morgan fingerprint density at radius 1 is 1.24 bits per heavy atom. The number of rotatable bonds is 4. The van der Waals surface area contributed by atoms with Gasteiger partial charge in [-0.3, -0.25) is 4.79 Å². The van der Waals surface area contributed by atoms with E-state index in [2.05, 4.69) is 18.7 Å². The van der Waals surface area contributed by atoms with Crippen molar-refractivity contribution in [2.24, 2.45) is 23.5 Å². The third-order valence-electron chi connectivity index (χ3n) is 6.43. The van der Waals surface area contributed by atoms with Crippen molar-refractivity contribution in [2.75, 3.05) is 31.1 Å². The van der Waals surface area contributed by atoms with Crippen LogP contribution in [0.25, 0.3) is 0 Å². The summed E-state index contributed by atoms with van der Waals surface area (Å²) < 4.78 is 40.0. The number of benzene rings is 1. The lowest BCUT2D eigenvalue weighted by atomic mass is 9.78. The largest absolute Gasteiger partial charge is 0.417 e. The second kappa shape index (κ2) is 8.23. The van der Waals surface area contributed by atoms with Crippen LogP contribution in [0.5, 0.6) is 0 Å². The van der Waals surface area contributed by atoms with Crippen LogP contribution < -0.4 is 10.6 Å². The molecule has 0 radical (unpaired) electrons. The van der Waals surface area contributed by atoms with Crippen LogP contribution in [-0.4, -0.2) is 43.0 Å². The zero-order valence-electron chi connectivity index (χ0n) is 16.7. The molecule has 0 unspecified atom stereocenters. The summed E-state index contributed by atoms with van der Waals surface area (Å²) in [6.45, 7) is 7.05. The molecule has 2 saturated heterocycles. The van der Waals surface area contributed by atoms with E-state index in [1.807, 2.05) is 4.90 Å². The standard InChI is InChI=1S/C21H27F3N4O/c1-13(2)27-7-5-14(6-8-27)17-11-28(12-18(17)20(26)29)16-4-3-15(10-25)19(9-16)21(22,23)24/h3-4,9,13-14,17-18H,5-8,11-12H2,1-2H3,(H2,26,29)/t17-,18+/m0/s1. The van der Waals surface area contributed by atoms with Gasteiger partial charge in [-0.15, -0.1) is 0 Å². The average molecular weight is 408 g/mol. The van der Waals surface area contributed by atoms with Gasteiger partial charge in [0.1, 0.15) is 0 Å². The summed E-state index contributed by atoms with van der Waals surface area (Å²) in [6.07, 6.45) is -2.68. The fourth-order valence-electron chi connectivity index (χ4n) is 4.74. The molecule has 2 atom stereocenters. The van der Waals surface area contributed by atoms with E-state index in [1.54, 1.807) is 6.07 Å². The molecule has 2 aliphatic heterocycles. The van der Waals surface area contributed by atoms with Crippen molar-refractivity contribution < 1.29 is 18.0 Å². The van der Waals surface area contributed by atoms with Crippen LogP contribution in [0.2, 0.25) is 0 Å². The Balaban J connectivity index is 1.81. The molecule has 0 aromatic heterocycles. The number of amides is 1. The zero-order chi connectivity index (χ0) is 21.3. The SMILES string of the molecule is CC(C)N1CCC([C@@H]2CN(c3ccc(C#N)c(C(F)(F)F)c3)C[C@H]2C(N)=O)CC1. The molecule has 3 rings (SSSR count). The van der Waals surface area contributed by atoms with Gasteiger partial charge in [0, 0.05) is 24.8 Å². The molecule has 8 heteroatoms. The molecule has 158 valence electrons. The Hall–Kier alpha value is -2.27. The molecule has 2 heterocycles. The first-order valence-corrected chi connectivity index (χ1v) is 10.0. The third kappa shape index (κ3) is 4.50. The second-order valence-electron chi connectivity index (χ2n) is 8.38. The van der Waals surface area contributed by atoms with E-state index in [4.69, 9.17) is 11.0 Å². The molecule has 29 heavy (non-hydrogen) atoms. The van der Waals surface area contributed by atoms with Gasteiger partial charge in [-0.05, 0) is 69.8 Å². The van der Waals surface area contributed by atoms with E-state index in [1.165, 1.54) is 12.1 Å². The first-order valence-electron chi connectivity index (χ1n) is 10.0.